The summed E-state index contributed by atoms with van der Waals surface area (Å²) in [5.41, 5.74) is 8.91. The molecule has 1 saturated heterocycles. The molecule has 0 saturated carbocycles. The summed E-state index contributed by atoms with van der Waals surface area (Å²) in [6.45, 7) is 7.23. The van der Waals surface area contributed by atoms with Gasteiger partial charge in [0.05, 0.1) is 13.2 Å². The van der Waals surface area contributed by atoms with Crippen molar-refractivity contribution >= 4 is 16.9 Å². The van der Waals surface area contributed by atoms with Gasteiger partial charge in [0, 0.05) is 49.5 Å². The number of morpholine rings is 1. The number of rotatable bonds is 6. The number of aromatic nitrogens is 2. The first-order chi connectivity index (χ1) is 16.6. The van der Waals surface area contributed by atoms with E-state index in [4.69, 9.17) is 14.9 Å². The van der Waals surface area contributed by atoms with Crippen LogP contribution in [0.4, 0.5) is 0 Å². The second kappa shape index (κ2) is 9.77. The van der Waals surface area contributed by atoms with E-state index in [1.165, 1.54) is 22.3 Å². The van der Waals surface area contributed by atoms with Gasteiger partial charge in [0.25, 0.3) is 5.91 Å². The lowest BCUT2D eigenvalue weighted by Crippen LogP contribution is -2.35. The Morgan fingerprint density at radius 2 is 1.85 bits per heavy atom. The third kappa shape index (κ3) is 4.59. The number of pyridine rings is 1. The molecule has 0 spiro atoms. The first kappa shape index (κ1) is 22.3. The molecule has 1 aliphatic rings. The van der Waals surface area contributed by atoms with Crippen LogP contribution in [0.1, 0.15) is 27.0 Å². The minimum Gasteiger partial charge on any atom is -0.379 e. The molecule has 34 heavy (non-hydrogen) atoms. The summed E-state index contributed by atoms with van der Waals surface area (Å²) in [7, 11) is 0. The molecule has 5 rings (SSSR count). The Balaban J connectivity index is 1.44. The molecule has 174 valence electrons. The average molecular weight is 457 g/mol. The summed E-state index contributed by atoms with van der Waals surface area (Å²) in [5, 5.41) is 9.97. The summed E-state index contributed by atoms with van der Waals surface area (Å²) in [6, 6.07) is 18.1. The number of hydrogen-bond donors (Lipinski definition) is 2. The summed E-state index contributed by atoms with van der Waals surface area (Å²) in [6.07, 6.45) is 4.00. The molecule has 1 fully saturated rings. The molecule has 2 aromatic heterocycles. The maximum absolute atomic E-state index is 11.6. The summed E-state index contributed by atoms with van der Waals surface area (Å²) in [4.78, 5) is 18.7. The highest BCUT2D eigenvalue weighted by atomic mass is 16.5. The van der Waals surface area contributed by atoms with Crippen molar-refractivity contribution in [3.8, 4) is 11.1 Å². The van der Waals surface area contributed by atoms with Crippen molar-refractivity contribution < 1.29 is 14.7 Å². The zero-order valence-corrected chi connectivity index (χ0v) is 19.2. The standard InChI is InChI=1S/C27H28N4O3/c1-19-16-31(18-20-5-7-22(8-6-20)27(32)29-33)26-25(19)24(9-10-28-26)23-4-2-3-21(15-23)17-30-11-13-34-14-12-30/h2-10,15-16,33H,11-14,17-18H2,1H3,(H,29,32). The number of amides is 1. The first-order valence-electron chi connectivity index (χ1n) is 11.5. The van der Waals surface area contributed by atoms with Crippen LogP contribution in [0.15, 0.2) is 67.0 Å². The topological polar surface area (TPSA) is 79.6 Å². The number of aryl methyl sites for hydroxylation is 1. The highest BCUT2D eigenvalue weighted by molar-refractivity contribution is 5.96. The van der Waals surface area contributed by atoms with Crippen LogP contribution in [0.3, 0.4) is 0 Å². The van der Waals surface area contributed by atoms with E-state index in [0.717, 1.165) is 49.4 Å². The second-order valence-corrected chi connectivity index (χ2v) is 8.72. The number of hydroxylamine groups is 1. The number of nitrogens with one attached hydrogen (secondary N) is 1. The van der Waals surface area contributed by atoms with Gasteiger partial charge in [-0.15, -0.1) is 0 Å². The molecule has 1 amide bonds. The molecule has 0 aliphatic carbocycles. The highest BCUT2D eigenvalue weighted by Crippen LogP contribution is 2.32. The van der Waals surface area contributed by atoms with Crippen LogP contribution in [0, 0.1) is 6.92 Å². The van der Waals surface area contributed by atoms with Gasteiger partial charge < -0.3 is 9.30 Å². The van der Waals surface area contributed by atoms with Crippen molar-refractivity contribution in [2.24, 2.45) is 0 Å². The van der Waals surface area contributed by atoms with E-state index in [2.05, 4.69) is 52.9 Å². The Bertz CT molecular complexity index is 1310. The Morgan fingerprint density at radius 1 is 1.06 bits per heavy atom. The largest absolute Gasteiger partial charge is 0.379 e. The summed E-state index contributed by atoms with van der Waals surface area (Å²) >= 11 is 0. The van der Waals surface area contributed by atoms with Crippen LogP contribution in [-0.2, 0) is 17.8 Å². The molecule has 3 heterocycles. The second-order valence-electron chi connectivity index (χ2n) is 8.72. The van der Waals surface area contributed by atoms with Gasteiger partial charge in [-0.1, -0.05) is 30.3 Å². The average Bonchev–Trinajstić information content (AvgIpc) is 3.20. The minimum absolute atomic E-state index is 0.414. The van der Waals surface area contributed by atoms with Crippen molar-refractivity contribution in [1.29, 1.82) is 0 Å². The van der Waals surface area contributed by atoms with E-state index in [0.29, 0.717) is 12.1 Å². The molecule has 7 nitrogen and oxygen atoms in total. The number of ether oxygens (including phenoxy) is 1. The maximum atomic E-state index is 11.6. The van der Waals surface area contributed by atoms with Gasteiger partial charge in [-0.2, -0.15) is 0 Å². The zero-order chi connectivity index (χ0) is 23.5. The molecule has 0 atom stereocenters. The van der Waals surface area contributed by atoms with Crippen LogP contribution in [-0.4, -0.2) is 51.9 Å². The number of carbonyl (C=O) groups is 1. The first-order valence-corrected chi connectivity index (χ1v) is 11.5. The van der Waals surface area contributed by atoms with Gasteiger partial charge in [0.1, 0.15) is 5.65 Å². The molecule has 0 radical (unpaired) electrons. The van der Waals surface area contributed by atoms with E-state index in [1.807, 2.05) is 18.3 Å². The van der Waals surface area contributed by atoms with Gasteiger partial charge in [-0.25, -0.2) is 10.5 Å². The maximum Gasteiger partial charge on any atom is 0.274 e. The van der Waals surface area contributed by atoms with E-state index < -0.39 is 5.91 Å². The van der Waals surface area contributed by atoms with E-state index in [-0.39, 0.29) is 0 Å². The Morgan fingerprint density at radius 3 is 2.62 bits per heavy atom. The highest BCUT2D eigenvalue weighted by Gasteiger charge is 2.15. The SMILES string of the molecule is Cc1cn(Cc2ccc(C(=O)NO)cc2)c2nccc(-c3cccc(CN4CCOCC4)c3)c12. The fraction of sp³-hybridized carbons (Fsp3) is 0.259. The lowest BCUT2D eigenvalue weighted by atomic mass is 9.99. The zero-order valence-electron chi connectivity index (χ0n) is 19.2. The predicted molar refractivity (Wildman–Crippen MR) is 131 cm³/mol. The van der Waals surface area contributed by atoms with Crippen molar-refractivity contribution in [1.82, 2.24) is 19.9 Å². The van der Waals surface area contributed by atoms with Gasteiger partial charge in [-0.05, 0) is 59.0 Å². The molecule has 7 heteroatoms. The fourth-order valence-corrected chi connectivity index (χ4v) is 4.66. The Hall–Kier alpha value is -3.52. The van der Waals surface area contributed by atoms with Crippen LogP contribution in [0.5, 0.6) is 0 Å². The molecule has 2 N–H and O–H groups in total. The lowest BCUT2D eigenvalue weighted by Gasteiger charge is -2.26. The van der Waals surface area contributed by atoms with Crippen LogP contribution in [0.2, 0.25) is 0 Å². The normalized spacial score (nSPS) is 14.4. The van der Waals surface area contributed by atoms with Crippen molar-refractivity contribution in [3.05, 3.63) is 89.2 Å². The number of benzene rings is 2. The van der Waals surface area contributed by atoms with Gasteiger partial charge >= 0.3 is 0 Å². The molecule has 2 aromatic carbocycles. The number of hydrogen-bond acceptors (Lipinski definition) is 5. The minimum atomic E-state index is -0.518. The molecular formula is C27H28N4O3. The van der Waals surface area contributed by atoms with Gasteiger partial charge in [0.2, 0.25) is 0 Å². The van der Waals surface area contributed by atoms with E-state index in [9.17, 15) is 4.79 Å². The Kier molecular flexibility index (Phi) is 6.40. The smallest absolute Gasteiger partial charge is 0.274 e. The quantitative estimate of drug-likeness (QED) is 0.339. The van der Waals surface area contributed by atoms with E-state index >= 15 is 0 Å². The number of nitrogens with zero attached hydrogens (tertiary/aromatic N) is 3. The van der Waals surface area contributed by atoms with Gasteiger partial charge in [-0.3, -0.25) is 14.9 Å². The summed E-state index contributed by atoms with van der Waals surface area (Å²) < 4.78 is 7.63. The van der Waals surface area contributed by atoms with Crippen molar-refractivity contribution in [2.75, 3.05) is 26.3 Å². The van der Waals surface area contributed by atoms with Crippen LogP contribution in [0.25, 0.3) is 22.2 Å². The molecule has 1 aliphatic heterocycles. The monoisotopic (exact) mass is 456 g/mol. The Labute approximate surface area is 198 Å². The van der Waals surface area contributed by atoms with Gasteiger partial charge in [0.15, 0.2) is 0 Å². The van der Waals surface area contributed by atoms with E-state index in [1.54, 1.807) is 17.6 Å². The van der Waals surface area contributed by atoms with Crippen LogP contribution < -0.4 is 5.48 Å². The lowest BCUT2D eigenvalue weighted by molar-refractivity contribution is 0.0342. The van der Waals surface area contributed by atoms with Crippen molar-refractivity contribution in [3.63, 3.8) is 0 Å². The third-order valence-electron chi connectivity index (χ3n) is 6.37. The number of fused-ring (bicyclic) bond motifs is 1. The molecular weight excluding hydrogens is 428 g/mol. The predicted octanol–water partition coefficient (Wildman–Crippen LogP) is 4.01. The fourth-order valence-electron chi connectivity index (χ4n) is 4.66. The van der Waals surface area contributed by atoms with Crippen molar-refractivity contribution in [2.45, 2.75) is 20.0 Å². The summed E-state index contributed by atoms with van der Waals surface area (Å²) in [5.74, 6) is -0.518. The molecule has 0 unspecified atom stereocenters. The van der Waals surface area contributed by atoms with Crippen LogP contribution >= 0.6 is 0 Å². The third-order valence-corrected chi connectivity index (χ3v) is 6.37. The number of carbonyl (C=O) groups excluding carboxylic acids is 1. The molecule has 4 aromatic rings. The molecule has 0 bridgehead atoms.